The Hall–Kier alpha value is -1.07. The molecule has 0 heterocycles. The van der Waals surface area contributed by atoms with Gasteiger partial charge in [-0.15, -0.1) is 0 Å². The lowest BCUT2D eigenvalue weighted by molar-refractivity contribution is 0.622. The Bertz CT molecular complexity index is 558. The second kappa shape index (κ2) is 5.06. The van der Waals surface area contributed by atoms with Crippen LogP contribution in [0.3, 0.4) is 0 Å². The van der Waals surface area contributed by atoms with Gasteiger partial charge in [-0.05, 0) is 40.2 Å². The average molecular weight is 360 g/mol. The Morgan fingerprint density at radius 1 is 1.12 bits per heavy atom. The molecule has 5 heteroatoms. The van der Waals surface area contributed by atoms with E-state index in [1.165, 1.54) is 12.1 Å². The van der Waals surface area contributed by atoms with Gasteiger partial charge in [-0.2, -0.15) is 0 Å². The summed E-state index contributed by atoms with van der Waals surface area (Å²) in [5.41, 5.74) is 7.68. The van der Waals surface area contributed by atoms with Crippen molar-refractivity contribution in [3.05, 3.63) is 51.2 Å². The minimum absolute atomic E-state index is 0.350. The predicted molar refractivity (Wildman–Crippen MR) is 75.9 cm³/mol. The molecule has 0 radical (unpaired) electrons. The van der Waals surface area contributed by atoms with E-state index in [1.807, 2.05) is 24.3 Å². The minimum atomic E-state index is -0.350. The molecule has 0 spiro atoms. The van der Waals surface area contributed by atoms with Crippen molar-refractivity contribution in [2.45, 2.75) is 0 Å². The number of halogens is 3. The predicted octanol–water partition coefficient (Wildman–Crippen LogP) is 4.68. The van der Waals surface area contributed by atoms with Crippen molar-refractivity contribution < 1.29 is 4.39 Å². The van der Waals surface area contributed by atoms with Crippen molar-refractivity contribution in [3.8, 4) is 0 Å². The summed E-state index contributed by atoms with van der Waals surface area (Å²) >= 11 is 6.45. The Balaban J connectivity index is 2.33. The van der Waals surface area contributed by atoms with Crippen LogP contribution in [0.15, 0.2) is 45.3 Å². The van der Waals surface area contributed by atoms with E-state index in [4.69, 9.17) is 5.73 Å². The summed E-state index contributed by atoms with van der Waals surface area (Å²) in [7, 11) is 0. The van der Waals surface area contributed by atoms with E-state index in [0.29, 0.717) is 15.8 Å². The van der Waals surface area contributed by atoms with Gasteiger partial charge < -0.3 is 11.1 Å². The molecule has 0 aliphatic rings. The lowest BCUT2D eigenvalue weighted by Crippen LogP contribution is -1.97. The minimum Gasteiger partial charge on any atom is -0.397 e. The molecule has 2 nitrogen and oxygen atoms in total. The molecule has 0 fully saturated rings. The number of nitrogens with two attached hydrogens (primary N) is 1. The van der Waals surface area contributed by atoms with Crippen LogP contribution in [-0.4, -0.2) is 0 Å². The Labute approximate surface area is 115 Å². The number of hydrogen-bond donors (Lipinski definition) is 2. The molecule has 2 aromatic carbocycles. The lowest BCUT2D eigenvalue weighted by Gasteiger charge is -2.10. The summed E-state index contributed by atoms with van der Waals surface area (Å²) < 4.78 is 14.7. The first-order valence-electron chi connectivity index (χ1n) is 4.83. The van der Waals surface area contributed by atoms with E-state index in [-0.39, 0.29) is 5.82 Å². The third-order valence-corrected chi connectivity index (χ3v) is 3.30. The van der Waals surface area contributed by atoms with Gasteiger partial charge >= 0.3 is 0 Å². The maximum Gasteiger partial charge on any atom is 0.139 e. The zero-order valence-electron chi connectivity index (χ0n) is 8.68. The van der Waals surface area contributed by atoms with Gasteiger partial charge in [-0.1, -0.05) is 22.0 Å². The summed E-state index contributed by atoms with van der Waals surface area (Å²) in [5, 5.41) is 3.07. The van der Waals surface area contributed by atoms with Crippen LogP contribution in [0.1, 0.15) is 0 Å². The standard InChI is InChI=1S/C12H9Br2FN2/c13-7-2-1-3-8(4-7)17-12-6-10(15)9(14)5-11(12)16/h1-6,17H,16H2. The van der Waals surface area contributed by atoms with Gasteiger partial charge in [0.05, 0.1) is 15.8 Å². The van der Waals surface area contributed by atoms with Crippen molar-refractivity contribution in [1.82, 2.24) is 0 Å². The van der Waals surface area contributed by atoms with Crippen LogP contribution in [0.2, 0.25) is 0 Å². The van der Waals surface area contributed by atoms with E-state index in [2.05, 4.69) is 37.2 Å². The van der Waals surface area contributed by atoms with Crippen LogP contribution in [0.4, 0.5) is 21.5 Å². The SMILES string of the molecule is Nc1cc(Br)c(F)cc1Nc1cccc(Br)c1. The number of nitrogens with one attached hydrogen (secondary N) is 1. The fraction of sp³-hybridized carbons (Fsp3) is 0. The molecule has 3 N–H and O–H groups in total. The molecule has 2 aromatic rings. The van der Waals surface area contributed by atoms with Crippen molar-refractivity contribution in [2.75, 3.05) is 11.1 Å². The maximum atomic E-state index is 13.4. The van der Waals surface area contributed by atoms with Gasteiger partial charge in [0.2, 0.25) is 0 Å². The topological polar surface area (TPSA) is 38.0 Å². The Morgan fingerprint density at radius 2 is 1.88 bits per heavy atom. The average Bonchev–Trinajstić information content (AvgIpc) is 2.26. The number of nitrogen functional groups attached to an aromatic ring is 1. The monoisotopic (exact) mass is 358 g/mol. The Morgan fingerprint density at radius 3 is 2.59 bits per heavy atom. The van der Waals surface area contributed by atoms with Gasteiger partial charge in [0.1, 0.15) is 5.82 Å². The molecule has 2 rings (SSSR count). The van der Waals surface area contributed by atoms with Crippen LogP contribution in [-0.2, 0) is 0 Å². The summed E-state index contributed by atoms with van der Waals surface area (Å²) in [6, 6.07) is 10.5. The fourth-order valence-electron chi connectivity index (χ4n) is 1.39. The van der Waals surface area contributed by atoms with E-state index in [1.54, 1.807) is 0 Å². The lowest BCUT2D eigenvalue weighted by atomic mass is 10.2. The maximum absolute atomic E-state index is 13.4. The van der Waals surface area contributed by atoms with Crippen LogP contribution in [0.5, 0.6) is 0 Å². The van der Waals surface area contributed by atoms with Gasteiger partial charge in [0.15, 0.2) is 0 Å². The quantitative estimate of drug-likeness (QED) is 0.764. The van der Waals surface area contributed by atoms with E-state index < -0.39 is 0 Å². The highest BCUT2D eigenvalue weighted by atomic mass is 79.9. The fourth-order valence-corrected chi connectivity index (χ4v) is 2.15. The first-order chi connectivity index (χ1) is 8.06. The summed E-state index contributed by atoms with van der Waals surface area (Å²) in [6.07, 6.45) is 0. The van der Waals surface area contributed by atoms with E-state index in [9.17, 15) is 4.39 Å². The molecule has 0 aromatic heterocycles. The molecule has 0 aliphatic heterocycles. The highest BCUT2D eigenvalue weighted by Crippen LogP contribution is 2.29. The van der Waals surface area contributed by atoms with Crippen molar-refractivity contribution >= 4 is 48.9 Å². The zero-order valence-corrected chi connectivity index (χ0v) is 11.8. The number of anilines is 3. The van der Waals surface area contributed by atoms with E-state index >= 15 is 0 Å². The zero-order chi connectivity index (χ0) is 12.4. The van der Waals surface area contributed by atoms with Gasteiger partial charge in [0.25, 0.3) is 0 Å². The summed E-state index contributed by atoms with van der Waals surface area (Å²) in [6.45, 7) is 0. The highest BCUT2D eigenvalue weighted by Gasteiger charge is 2.06. The van der Waals surface area contributed by atoms with Crippen molar-refractivity contribution in [3.63, 3.8) is 0 Å². The summed E-state index contributed by atoms with van der Waals surface area (Å²) in [4.78, 5) is 0. The molecule has 0 aliphatic carbocycles. The first kappa shape index (κ1) is 12.4. The second-order valence-corrected chi connectivity index (χ2v) is 5.26. The molecule has 17 heavy (non-hydrogen) atoms. The van der Waals surface area contributed by atoms with E-state index in [0.717, 1.165) is 10.2 Å². The van der Waals surface area contributed by atoms with Gasteiger partial charge in [-0.3, -0.25) is 0 Å². The third kappa shape index (κ3) is 2.98. The molecule has 0 unspecified atom stereocenters. The highest BCUT2D eigenvalue weighted by molar-refractivity contribution is 9.10. The van der Waals surface area contributed by atoms with Gasteiger partial charge in [-0.25, -0.2) is 4.39 Å². The molecule has 0 bridgehead atoms. The third-order valence-electron chi connectivity index (χ3n) is 2.20. The molecular formula is C12H9Br2FN2. The van der Waals surface area contributed by atoms with Crippen molar-refractivity contribution in [2.24, 2.45) is 0 Å². The first-order valence-corrected chi connectivity index (χ1v) is 6.42. The van der Waals surface area contributed by atoms with Crippen LogP contribution in [0.25, 0.3) is 0 Å². The van der Waals surface area contributed by atoms with Crippen LogP contribution >= 0.6 is 31.9 Å². The molecular weight excluding hydrogens is 351 g/mol. The largest absolute Gasteiger partial charge is 0.397 e. The van der Waals surface area contributed by atoms with Crippen LogP contribution < -0.4 is 11.1 Å². The smallest absolute Gasteiger partial charge is 0.139 e. The molecule has 0 amide bonds. The Kier molecular flexibility index (Phi) is 3.69. The molecule has 0 atom stereocenters. The normalized spacial score (nSPS) is 10.3. The van der Waals surface area contributed by atoms with Crippen molar-refractivity contribution in [1.29, 1.82) is 0 Å². The number of hydrogen-bond acceptors (Lipinski definition) is 2. The number of benzene rings is 2. The second-order valence-electron chi connectivity index (χ2n) is 3.49. The summed E-state index contributed by atoms with van der Waals surface area (Å²) in [5.74, 6) is -0.350. The van der Waals surface area contributed by atoms with Gasteiger partial charge in [0, 0.05) is 16.2 Å². The molecule has 88 valence electrons. The van der Waals surface area contributed by atoms with Crippen LogP contribution in [0, 0.1) is 5.82 Å². The molecule has 0 saturated carbocycles. The number of rotatable bonds is 2. The molecule has 0 saturated heterocycles.